The molecule has 0 rings (SSSR count). The summed E-state index contributed by atoms with van der Waals surface area (Å²) in [5.41, 5.74) is 0. The lowest BCUT2D eigenvalue weighted by Gasteiger charge is -2.09. The van der Waals surface area contributed by atoms with Gasteiger partial charge in [0.15, 0.2) is 0 Å². The molecule has 0 fully saturated rings. The van der Waals surface area contributed by atoms with Crippen LogP contribution >= 0.6 is 11.8 Å². The smallest absolute Gasteiger partial charge is 0.309 e. The Balaban J connectivity index is 3.47. The van der Waals surface area contributed by atoms with E-state index in [9.17, 15) is 4.79 Å². The van der Waals surface area contributed by atoms with Crippen LogP contribution in [0.25, 0.3) is 0 Å². The number of hydrogen-bond donors (Lipinski definition) is 0. The first-order chi connectivity index (χ1) is 5.72. The fourth-order valence-electron chi connectivity index (χ4n) is 0.708. The predicted molar refractivity (Wildman–Crippen MR) is 53.4 cm³/mol. The van der Waals surface area contributed by atoms with Crippen LogP contribution in [0.4, 0.5) is 0 Å². The van der Waals surface area contributed by atoms with Gasteiger partial charge in [0.05, 0.1) is 12.5 Å². The van der Waals surface area contributed by atoms with E-state index < -0.39 is 0 Å². The zero-order chi connectivity index (χ0) is 9.40. The van der Waals surface area contributed by atoms with Crippen molar-refractivity contribution < 1.29 is 9.53 Å². The van der Waals surface area contributed by atoms with Crippen molar-refractivity contribution in [2.24, 2.45) is 5.92 Å². The van der Waals surface area contributed by atoms with E-state index in [-0.39, 0.29) is 11.9 Å². The van der Waals surface area contributed by atoms with Crippen LogP contribution in [-0.2, 0) is 9.53 Å². The highest BCUT2D eigenvalue weighted by Crippen LogP contribution is 2.09. The van der Waals surface area contributed by atoms with Crippen molar-refractivity contribution in [1.82, 2.24) is 0 Å². The van der Waals surface area contributed by atoms with E-state index in [1.807, 2.05) is 13.8 Å². The number of carbonyl (C=O) groups excluding carboxylic acids is 1. The Hall–Kier alpha value is -0.180. The lowest BCUT2D eigenvalue weighted by molar-refractivity contribution is -0.147. The number of rotatable bonds is 6. The van der Waals surface area contributed by atoms with Gasteiger partial charge in [-0.3, -0.25) is 4.79 Å². The predicted octanol–water partition coefficient (Wildman–Crippen LogP) is 2.33. The Labute approximate surface area is 79.1 Å². The SMILES string of the molecule is CCCOC(=O)C(C)CSCC. The van der Waals surface area contributed by atoms with Crippen LogP contribution < -0.4 is 0 Å². The molecule has 0 aliphatic carbocycles. The van der Waals surface area contributed by atoms with E-state index >= 15 is 0 Å². The van der Waals surface area contributed by atoms with Crippen LogP contribution in [-0.4, -0.2) is 24.1 Å². The second-order valence-electron chi connectivity index (χ2n) is 2.73. The summed E-state index contributed by atoms with van der Waals surface area (Å²) in [5.74, 6) is 1.92. The third-order valence-corrected chi connectivity index (χ3v) is 2.57. The van der Waals surface area contributed by atoms with E-state index in [1.165, 1.54) is 0 Å². The van der Waals surface area contributed by atoms with Crippen LogP contribution in [0.1, 0.15) is 27.2 Å². The molecule has 0 spiro atoms. The third kappa shape index (κ3) is 5.47. The van der Waals surface area contributed by atoms with Crippen LogP contribution in [0.15, 0.2) is 0 Å². The fraction of sp³-hybridized carbons (Fsp3) is 0.889. The molecule has 0 saturated heterocycles. The van der Waals surface area contributed by atoms with Gasteiger partial charge in [0.2, 0.25) is 0 Å². The molecule has 72 valence electrons. The Kier molecular flexibility index (Phi) is 7.36. The summed E-state index contributed by atoms with van der Waals surface area (Å²) in [5, 5.41) is 0. The lowest BCUT2D eigenvalue weighted by Crippen LogP contribution is -2.17. The summed E-state index contributed by atoms with van der Waals surface area (Å²) < 4.78 is 5.00. The van der Waals surface area contributed by atoms with Crippen molar-refractivity contribution in [3.8, 4) is 0 Å². The van der Waals surface area contributed by atoms with Crippen molar-refractivity contribution in [2.45, 2.75) is 27.2 Å². The minimum Gasteiger partial charge on any atom is -0.465 e. The van der Waals surface area contributed by atoms with Crippen molar-refractivity contribution >= 4 is 17.7 Å². The monoisotopic (exact) mass is 190 g/mol. The maximum absolute atomic E-state index is 11.2. The second kappa shape index (κ2) is 7.47. The van der Waals surface area contributed by atoms with E-state index in [4.69, 9.17) is 4.74 Å². The van der Waals surface area contributed by atoms with Gasteiger partial charge >= 0.3 is 5.97 Å². The lowest BCUT2D eigenvalue weighted by atomic mass is 10.2. The summed E-state index contributed by atoms with van der Waals surface area (Å²) in [4.78, 5) is 11.2. The first-order valence-electron chi connectivity index (χ1n) is 4.46. The van der Waals surface area contributed by atoms with Gasteiger partial charge in [0.1, 0.15) is 0 Å². The van der Waals surface area contributed by atoms with Crippen molar-refractivity contribution in [3.63, 3.8) is 0 Å². The Morgan fingerprint density at radius 2 is 2.17 bits per heavy atom. The largest absolute Gasteiger partial charge is 0.465 e. The van der Waals surface area contributed by atoms with Gasteiger partial charge in [-0.2, -0.15) is 11.8 Å². The molecule has 0 aromatic heterocycles. The molecule has 0 amide bonds. The summed E-state index contributed by atoms with van der Waals surface area (Å²) in [6.45, 7) is 6.56. The van der Waals surface area contributed by atoms with Gasteiger partial charge in [-0.1, -0.05) is 20.8 Å². The Morgan fingerprint density at radius 1 is 1.50 bits per heavy atom. The normalized spacial score (nSPS) is 12.6. The molecule has 2 nitrogen and oxygen atoms in total. The standard InChI is InChI=1S/C9H18O2S/c1-4-6-11-9(10)8(3)7-12-5-2/h8H,4-7H2,1-3H3. The van der Waals surface area contributed by atoms with Crippen LogP contribution in [0.2, 0.25) is 0 Å². The number of thioether (sulfide) groups is 1. The van der Waals surface area contributed by atoms with Gasteiger partial charge < -0.3 is 4.74 Å². The minimum absolute atomic E-state index is 0.0431. The summed E-state index contributed by atoms with van der Waals surface area (Å²) in [6.07, 6.45) is 0.902. The highest BCUT2D eigenvalue weighted by molar-refractivity contribution is 7.99. The topological polar surface area (TPSA) is 26.3 Å². The second-order valence-corrected chi connectivity index (χ2v) is 4.05. The Morgan fingerprint density at radius 3 is 2.67 bits per heavy atom. The molecule has 0 radical (unpaired) electrons. The van der Waals surface area contributed by atoms with Crippen molar-refractivity contribution in [3.05, 3.63) is 0 Å². The molecule has 3 heteroatoms. The maximum Gasteiger partial charge on any atom is 0.309 e. The summed E-state index contributed by atoms with van der Waals surface area (Å²) in [7, 11) is 0. The highest BCUT2D eigenvalue weighted by Gasteiger charge is 2.12. The van der Waals surface area contributed by atoms with E-state index in [2.05, 4.69) is 6.92 Å². The quantitative estimate of drug-likeness (QED) is 0.601. The van der Waals surface area contributed by atoms with Crippen molar-refractivity contribution in [1.29, 1.82) is 0 Å². The first-order valence-corrected chi connectivity index (χ1v) is 5.62. The maximum atomic E-state index is 11.2. The molecule has 1 unspecified atom stereocenters. The van der Waals surface area contributed by atoms with Crippen LogP contribution in [0, 0.1) is 5.92 Å². The van der Waals surface area contributed by atoms with Gasteiger partial charge in [0.25, 0.3) is 0 Å². The molecule has 0 N–H and O–H groups in total. The van der Waals surface area contributed by atoms with E-state index in [0.717, 1.165) is 17.9 Å². The number of esters is 1. The highest BCUT2D eigenvalue weighted by atomic mass is 32.2. The average Bonchev–Trinajstić information content (AvgIpc) is 2.10. The van der Waals surface area contributed by atoms with E-state index in [1.54, 1.807) is 11.8 Å². The number of hydrogen-bond acceptors (Lipinski definition) is 3. The minimum atomic E-state index is -0.0576. The molecule has 12 heavy (non-hydrogen) atoms. The molecular formula is C9H18O2S. The third-order valence-electron chi connectivity index (χ3n) is 1.42. The van der Waals surface area contributed by atoms with Crippen LogP contribution in [0.5, 0.6) is 0 Å². The van der Waals surface area contributed by atoms with Crippen molar-refractivity contribution in [2.75, 3.05) is 18.1 Å². The Bertz CT molecular complexity index is 126. The number of ether oxygens (including phenoxy) is 1. The molecule has 0 aromatic carbocycles. The summed E-state index contributed by atoms with van der Waals surface area (Å²) in [6, 6.07) is 0. The van der Waals surface area contributed by atoms with Crippen LogP contribution in [0.3, 0.4) is 0 Å². The molecule has 0 heterocycles. The number of carbonyl (C=O) groups is 1. The zero-order valence-corrected chi connectivity index (χ0v) is 8.95. The van der Waals surface area contributed by atoms with Gasteiger partial charge in [-0.25, -0.2) is 0 Å². The summed E-state index contributed by atoms with van der Waals surface area (Å²) >= 11 is 1.78. The van der Waals surface area contributed by atoms with Gasteiger partial charge in [-0.15, -0.1) is 0 Å². The zero-order valence-electron chi connectivity index (χ0n) is 8.13. The molecule has 0 saturated carbocycles. The fourth-order valence-corrected chi connectivity index (χ4v) is 1.43. The molecule has 0 aromatic rings. The van der Waals surface area contributed by atoms with Gasteiger partial charge in [0, 0.05) is 5.75 Å². The first kappa shape index (κ1) is 11.8. The molecule has 0 bridgehead atoms. The average molecular weight is 190 g/mol. The van der Waals surface area contributed by atoms with Gasteiger partial charge in [-0.05, 0) is 12.2 Å². The molecule has 1 atom stereocenters. The molecule has 0 aliphatic rings. The van der Waals surface area contributed by atoms with E-state index in [0.29, 0.717) is 6.61 Å². The molecule has 0 aliphatic heterocycles. The molecular weight excluding hydrogens is 172 g/mol.